The Morgan fingerprint density at radius 3 is 2.77 bits per heavy atom. The minimum absolute atomic E-state index is 0.0257. The summed E-state index contributed by atoms with van der Waals surface area (Å²) in [4.78, 5) is 10.8. The highest BCUT2D eigenvalue weighted by Crippen LogP contribution is 2.25. The molecule has 3 atom stereocenters. The predicted octanol–water partition coefficient (Wildman–Crippen LogP) is 0.399. The van der Waals surface area contributed by atoms with Crippen molar-refractivity contribution in [2.24, 2.45) is 0 Å². The third-order valence-corrected chi connectivity index (χ3v) is 2.31. The summed E-state index contributed by atoms with van der Waals surface area (Å²) >= 11 is 0. The number of rotatable bonds is 1. The zero-order chi connectivity index (χ0) is 10.1. The SMILES string of the molecule is CC(=O)N[C@@H]1CC[C@](C)(O)O[C@H]1C. The first-order valence-electron chi connectivity index (χ1n) is 4.58. The molecular formula is C9H17NO3. The lowest BCUT2D eigenvalue weighted by Gasteiger charge is -2.38. The minimum atomic E-state index is -1.03. The van der Waals surface area contributed by atoms with Crippen LogP contribution < -0.4 is 5.32 Å². The van der Waals surface area contributed by atoms with Crippen molar-refractivity contribution in [2.45, 2.75) is 51.5 Å². The molecule has 0 spiro atoms. The Balaban J connectivity index is 2.49. The molecular weight excluding hydrogens is 170 g/mol. The molecule has 0 unspecified atom stereocenters. The highest BCUT2D eigenvalue weighted by Gasteiger charge is 2.34. The quantitative estimate of drug-likeness (QED) is 0.624. The van der Waals surface area contributed by atoms with Gasteiger partial charge in [0, 0.05) is 13.3 Å². The second kappa shape index (κ2) is 3.64. The van der Waals surface area contributed by atoms with Gasteiger partial charge in [-0.05, 0) is 20.3 Å². The highest BCUT2D eigenvalue weighted by molar-refractivity contribution is 5.73. The molecule has 0 aromatic carbocycles. The van der Waals surface area contributed by atoms with Crippen molar-refractivity contribution in [3.8, 4) is 0 Å². The molecule has 0 saturated carbocycles. The van der Waals surface area contributed by atoms with Gasteiger partial charge in [-0.15, -0.1) is 0 Å². The van der Waals surface area contributed by atoms with Gasteiger partial charge >= 0.3 is 0 Å². The van der Waals surface area contributed by atoms with Gasteiger partial charge in [0.2, 0.25) is 5.91 Å². The largest absolute Gasteiger partial charge is 0.366 e. The molecule has 4 heteroatoms. The van der Waals surface area contributed by atoms with Gasteiger partial charge in [0.15, 0.2) is 5.79 Å². The molecule has 0 radical (unpaired) electrons. The summed E-state index contributed by atoms with van der Waals surface area (Å²) in [5.41, 5.74) is 0. The zero-order valence-electron chi connectivity index (χ0n) is 8.33. The number of hydrogen-bond acceptors (Lipinski definition) is 3. The number of aliphatic hydroxyl groups is 1. The summed E-state index contributed by atoms with van der Waals surface area (Å²) in [5, 5.41) is 12.4. The van der Waals surface area contributed by atoms with E-state index in [4.69, 9.17) is 4.74 Å². The lowest BCUT2D eigenvalue weighted by molar-refractivity contribution is -0.244. The van der Waals surface area contributed by atoms with Gasteiger partial charge in [0.1, 0.15) is 0 Å². The first kappa shape index (κ1) is 10.5. The Morgan fingerprint density at radius 2 is 2.31 bits per heavy atom. The van der Waals surface area contributed by atoms with Crippen LogP contribution in [0.3, 0.4) is 0 Å². The van der Waals surface area contributed by atoms with E-state index in [1.54, 1.807) is 6.92 Å². The molecule has 0 aliphatic carbocycles. The van der Waals surface area contributed by atoms with E-state index >= 15 is 0 Å². The second-order valence-corrected chi connectivity index (χ2v) is 3.84. The van der Waals surface area contributed by atoms with E-state index in [0.717, 1.165) is 6.42 Å². The summed E-state index contributed by atoms with van der Waals surface area (Å²) < 4.78 is 5.33. The topological polar surface area (TPSA) is 58.6 Å². The fourth-order valence-corrected chi connectivity index (χ4v) is 1.65. The van der Waals surface area contributed by atoms with Crippen molar-refractivity contribution < 1.29 is 14.6 Å². The average molecular weight is 187 g/mol. The van der Waals surface area contributed by atoms with E-state index in [9.17, 15) is 9.90 Å². The maximum Gasteiger partial charge on any atom is 0.217 e. The van der Waals surface area contributed by atoms with Crippen LogP contribution in [0.2, 0.25) is 0 Å². The maximum absolute atomic E-state index is 10.8. The highest BCUT2D eigenvalue weighted by atomic mass is 16.6. The first-order valence-corrected chi connectivity index (χ1v) is 4.58. The number of ether oxygens (including phenoxy) is 1. The van der Waals surface area contributed by atoms with Crippen molar-refractivity contribution in [1.82, 2.24) is 5.32 Å². The van der Waals surface area contributed by atoms with E-state index in [1.807, 2.05) is 6.92 Å². The predicted molar refractivity (Wildman–Crippen MR) is 48.0 cm³/mol. The summed E-state index contributed by atoms with van der Waals surface area (Å²) in [7, 11) is 0. The van der Waals surface area contributed by atoms with Crippen molar-refractivity contribution in [3.05, 3.63) is 0 Å². The zero-order valence-corrected chi connectivity index (χ0v) is 8.33. The fourth-order valence-electron chi connectivity index (χ4n) is 1.65. The van der Waals surface area contributed by atoms with E-state index in [2.05, 4.69) is 5.32 Å². The standard InChI is InChI=1S/C9H17NO3/c1-6-8(10-7(2)11)4-5-9(3,12)13-6/h6,8,12H,4-5H2,1-3H3,(H,10,11)/t6-,8+,9+/m0/s1. The van der Waals surface area contributed by atoms with E-state index in [0.29, 0.717) is 6.42 Å². The van der Waals surface area contributed by atoms with Crippen LogP contribution in [0.15, 0.2) is 0 Å². The van der Waals surface area contributed by atoms with Crippen LogP contribution in [-0.4, -0.2) is 28.9 Å². The van der Waals surface area contributed by atoms with Gasteiger partial charge in [0.05, 0.1) is 12.1 Å². The normalized spacial score (nSPS) is 40.0. The molecule has 1 aliphatic rings. The molecule has 1 rings (SSSR count). The van der Waals surface area contributed by atoms with E-state index < -0.39 is 5.79 Å². The van der Waals surface area contributed by atoms with Gasteiger partial charge in [0.25, 0.3) is 0 Å². The van der Waals surface area contributed by atoms with E-state index in [1.165, 1.54) is 6.92 Å². The number of nitrogens with one attached hydrogen (secondary N) is 1. The van der Waals surface area contributed by atoms with Crippen LogP contribution in [0, 0.1) is 0 Å². The van der Waals surface area contributed by atoms with E-state index in [-0.39, 0.29) is 18.1 Å². The molecule has 0 aromatic rings. The van der Waals surface area contributed by atoms with Crippen LogP contribution in [0.25, 0.3) is 0 Å². The van der Waals surface area contributed by atoms with Crippen LogP contribution in [0.4, 0.5) is 0 Å². The molecule has 1 aliphatic heterocycles. The van der Waals surface area contributed by atoms with Gasteiger partial charge in [-0.1, -0.05) is 0 Å². The lowest BCUT2D eigenvalue weighted by atomic mass is 9.98. The van der Waals surface area contributed by atoms with Crippen LogP contribution in [0.5, 0.6) is 0 Å². The number of carbonyl (C=O) groups excluding carboxylic acids is 1. The molecule has 1 fully saturated rings. The minimum Gasteiger partial charge on any atom is -0.366 e. The van der Waals surface area contributed by atoms with Crippen LogP contribution in [-0.2, 0) is 9.53 Å². The fraction of sp³-hybridized carbons (Fsp3) is 0.889. The molecule has 1 saturated heterocycles. The van der Waals surface area contributed by atoms with Crippen molar-refractivity contribution in [2.75, 3.05) is 0 Å². The molecule has 4 nitrogen and oxygen atoms in total. The Labute approximate surface area is 78.3 Å². The molecule has 0 aromatic heterocycles. The summed E-state index contributed by atoms with van der Waals surface area (Å²) in [6, 6.07) is 0.0257. The summed E-state index contributed by atoms with van der Waals surface area (Å²) in [5.74, 6) is -1.09. The first-order chi connectivity index (χ1) is 5.91. The van der Waals surface area contributed by atoms with Crippen molar-refractivity contribution in [3.63, 3.8) is 0 Å². The third-order valence-electron chi connectivity index (χ3n) is 2.31. The van der Waals surface area contributed by atoms with Crippen molar-refractivity contribution in [1.29, 1.82) is 0 Å². The van der Waals surface area contributed by atoms with Gasteiger partial charge < -0.3 is 15.2 Å². The van der Waals surface area contributed by atoms with Crippen LogP contribution >= 0.6 is 0 Å². The van der Waals surface area contributed by atoms with Crippen molar-refractivity contribution >= 4 is 5.91 Å². The number of hydrogen-bond donors (Lipinski definition) is 2. The molecule has 1 heterocycles. The number of carbonyl (C=O) groups is 1. The maximum atomic E-state index is 10.8. The Kier molecular flexibility index (Phi) is 2.93. The Hall–Kier alpha value is -0.610. The Bertz CT molecular complexity index is 203. The van der Waals surface area contributed by atoms with Gasteiger partial charge in [-0.3, -0.25) is 4.79 Å². The summed E-state index contributed by atoms with van der Waals surface area (Å²) in [6.07, 6.45) is 1.18. The lowest BCUT2D eigenvalue weighted by Crippen LogP contribution is -2.51. The second-order valence-electron chi connectivity index (χ2n) is 3.84. The average Bonchev–Trinajstić information content (AvgIpc) is 1.93. The Morgan fingerprint density at radius 1 is 1.69 bits per heavy atom. The summed E-state index contributed by atoms with van der Waals surface area (Å²) in [6.45, 7) is 4.99. The molecule has 76 valence electrons. The molecule has 13 heavy (non-hydrogen) atoms. The number of amides is 1. The molecule has 0 bridgehead atoms. The van der Waals surface area contributed by atoms with Gasteiger partial charge in [-0.2, -0.15) is 0 Å². The smallest absolute Gasteiger partial charge is 0.217 e. The monoisotopic (exact) mass is 187 g/mol. The molecule has 2 N–H and O–H groups in total. The third kappa shape index (κ3) is 2.97. The van der Waals surface area contributed by atoms with Gasteiger partial charge in [-0.25, -0.2) is 0 Å². The van der Waals surface area contributed by atoms with Crippen LogP contribution in [0.1, 0.15) is 33.6 Å². The molecule has 1 amide bonds.